The third-order valence-electron chi connectivity index (χ3n) is 4.48. The van der Waals surface area contributed by atoms with E-state index in [1.54, 1.807) is 43.4 Å². The van der Waals surface area contributed by atoms with Crippen molar-refractivity contribution < 1.29 is 26.7 Å². The van der Waals surface area contributed by atoms with Gasteiger partial charge in [-0.05, 0) is 49.4 Å². The molecule has 0 aliphatic heterocycles. The van der Waals surface area contributed by atoms with Crippen LogP contribution in [0.2, 0.25) is 0 Å². The average molecular weight is 426 g/mol. The van der Waals surface area contributed by atoms with E-state index in [2.05, 4.69) is 10.1 Å². The highest BCUT2D eigenvalue weighted by Crippen LogP contribution is 2.20. The van der Waals surface area contributed by atoms with E-state index in [9.17, 15) is 22.0 Å². The van der Waals surface area contributed by atoms with Crippen LogP contribution in [0.3, 0.4) is 0 Å². The van der Waals surface area contributed by atoms with Crippen molar-refractivity contribution in [2.24, 2.45) is 0 Å². The predicted octanol–water partition coefficient (Wildman–Crippen LogP) is 3.00. The maximum Gasteiger partial charge on any atom is 0.387 e. The monoisotopic (exact) mass is 426 g/mol. The molecule has 0 saturated carbocycles. The van der Waals surface area contributed by atoms with Crippen LogP contribution in [0.25, 0.3) is 0 Å². The Bertz CT molecular complexity index is 917. The van der Waals surface area contributed by atoms with Crippen LogP contribution in [-0.4, -0.2) is 45.7 Å². The number of amides is 1. The summed E-state index contributed by atoms with van der Waals surface area (Å²) in [5, 5.41) is 2.78. The summed E-state index contributed by atoms with van der Waals surface area (Å²) >= 11 is 0. The normalized spacial score (nSPS) is 12.8. The number of sulfone groups is 1. The number of likely N-dealkylation sites (N-methyl/N-ethyl adjacent to an activating group) is 1. The van der Waals surface area contributed by atoms with Crippen molar-refractivity contribution >= 4 is 15.7 Å². The Balaban J connectivity index is 1.86. The van der Waals surface area contributed by atoms with E-state index in [1.165, 1.54) is 12.1 Å². The van der Waals surface area contributed by atoms with E-state index in [4.69, 9.17) is 0 Å². The smallest absolute Gasteiger partial charge is 0.387 e. The quantitative estimate of drug-likeness (QED) is 0.667. The highest BCUT2D eigenvalue weighted by molar-refractivity contribution is 7.90. The molecule has 2 rings (SSSR count). The summed E-state index contributed by atoms with van der Waals surface area (Å²) in [5.74, 6) is -0.134. The molecular weight excluding hydrogens is 402 g/mol. The average Bonchev–Trinajstić information content (AvgIpc) is 2.66. The van der Waals surface area contributed by atoms with E-state index >= 15 is 0 Å². The standard InChI is InChI=1S/C20H24F2N2O4S/c1-14(16-6-10-18(11-7-16)29(3,26)27)24(2)13-19(25)23-12-15-4-8-17(9-5-15)28-20(21)22/h4-11,14,20H,12-13H2,1-3H3,(H,23,25). The van der Waals surface area contributed by atoms with Crippen molar-refractivity contribution in [1.82, 2.24) is 10.2 Å². The lowest BCUT2D eigenvalue weighted by Crippen LogP contribution is -2.36. The highest BCUT2D eigenvalue weighted by Gasteiger charge is 2.16. The number of benzene rings is 2. The van der Waals surface area contributed by atoms with E-state index in [0.29, 0.717) is 0 Å². The molecule has 0 aromatic heterocycles. The zero-order valence-electron chi connectivity index (χ0n) is 16.4. The van der Waals surface area contributed by atoms with Crippen LogP contribution in [-0.2, 0) is 21.2 Å². The summed E-state index contributed by atoms with van der Waals surface area (Å²) in [6, 6.07) is 12.5. The van der Waals surface area contributed by atoms with Gasteiger partial charge in [0.15, 0.2) is 9.84 Å². The Kier molecular flexibility index (Phi) is 7.69. The van der Waals surface area contributed by atoms with Gasteiger partial charge in [-0.15, -0.1) is 0 Å². The van der Waals surface area contributed by atoms with Gasteiger partial charge in [-0.3, -0.25) is 9.69 Å². The van der Waals surface area contributed by atoms with Crippen molar-refractivity contribution in [2.45, 2.75) is 31.0 Å². The Labute approximate surface area is 169 Å². The first-order chi connectivity index (χ1) is 13.6. The summed E-state index contributed by atoms with van der Waals surface area (Å²) in [6.07, 6.45) is 1.15. The number of nitrogens with zero attached hydrogens (tertiary/aromatic N) is 1. The third-order valence-corrected chi connectivity index (χ3v) is 5.61. The maximum absolute atomic E-state index is 12.2. The summed E-state index contributed by atoms with van der Waals surface area (Å²) < 4.78 is 51.7. The van der Waals surface area contributed by atoms with Crippen molar-refractivity contribution in [3.63, 3.8) is 0 Å². The maximum atomic E-state index is 12.2. The fourth-order valence-corrected chi connectivity index (χ4v) is 3.29. The molecule has 0 fully saturated rings. The fraction of sp³-hybridized carbons (Fsp3) is 0.350. The number of hydrogen-bond acceptors (Lipinski definition) is 5. The Morgan fingerprint density at radius 1 is 1.10 bits per heavy atom. The fourth-order valence-electron chi connectivity index (χ4n) is 2.66. The molecule has 2 aromatic carbocycles. The zero-order valence-corrected chi connectivity index (χ0v) is 17.2. The van der Waals surface area contributed by atoms with Gasteiger partial charge in [0.2, 0.25) is 5.91 Å². The first-order valence-corrected chi connectivity index (χ1v) is 10.8. The molecule has 0 aliphatic rings. The van der Waals surface area contributed by atoms with Gasteiger partial charge < -0.3 is 10.1 Å². The second-order valence-electron chi connectivity index (χ2n) is 6.73. The second-order valence-corrected chi connectivity index (χ2v) is 8.75. The van der Waals surface area contributed by atoms with Crippen LogP contribution in [0.5, 0.6) is 5.75 Å². The molecule has 1 N–H and O–H groups in total. The summed E-state index contributed by atoms with van der Waals surface area (Å²) in [6.45, 7) is -0.550. The van der Waals surface area contributed by atoms with Crippen LogP contribution in [0.15, 0.2) is 53.4 Å². The molecule has 158 valence electrons. The predicted molar refractivity (Wildman–Crippen MR) is 106 cm³/mol. The van der Waals surface area contributed by atoms with E-state index in [1.807, 2.05) is 11.8 Å². The lowest BCUT2D eigenvalue weighted by atomic mass is 10.1. The van der Waals surface area contributed by atoms with Gasteiger partial charge in [0.1, 0.15) is 5.75 Å². The van der Waals surface area contributed by atoms with Gasteiger partial charge in [0.05, 0.1) is 11.4 Å². The van der Waals surface area contributed by atoms with Gasteiger partial charge in [0.25, 0.3) is 0 Å². The molecular formula is C20H24F2N2O4S. The number of nitrogens with one attached hydrogen (secondary N) is 1. The summed E-state index contributed by atoms with van der Waals surface area (Å²) in [5.41, 5.74) is 1.65. The second kappa shape index (κ2) is 9.80. The topological polar surface area (TPSA) is 75.7 Å². The van der Waals surface area contributed by atoms with Crippen LogP contribution >= 0.6 is 0 Å². The summed E-state index contributed by atoms with van der Waals surface area (Å²) in [4.78, 5) is 14.3. The molecule has 1 unspecified atom stereocenters. The third kappa shape index (κ3) is 7.10. The molecule has 2 aromatic rings. The van der Waals surface area contributed by atoms with Gasteiger partial charge in [-0.1, -0.05) is 24.3 Å². The summed E-state index contributed by atoms with van der Waals surface area (Å²) in [7, 11) is -1.45. The minimum absolute atomic E-state index is 0.0607. The van der Waals surface area contributed by atoms with Crippen LogP contribution in [0.1, 0.15) is 24.1 Å². The van der Waals surface area contributed by atoms with Crippen LogP contribution < -0.4 is 10.1 Å². The number of carbonyl (C=O) groups excluding carboxylic acids is 1. The van der Waals surface area contributed by atoms with Crippen LogP contribution in [0.4, 0.5) is 8.78 Å². The van der Waals surface area contributed by atoms with Crippen molar-refractivity contribution in [1.29, 1.82) is 0 Å². The Morgan fingerprint density at radius 3 is 2.21 bits per heavy atom. The molecule has 0 radical (unpaired) electrons. The highest BCUT2D eigenvalue weighted by atomic mass is 32.2. The van der Waals surface area contributed by atoms with Crippen LogP contribution in [0, 0.1) is 0 Å². The number of rotatable bonds is 9. The van der Waals surface area contributed by atoms with E-state index < -0.39 is 16.4 Å². The molecule has 0 aliphatic carbocycles. The molecule has 6 nitrogen and oxygen atoms in total. The molecule has 0 saturated heterocycles. The molecule has 9 heteroatoms. The molecule has 0 heterocycles. The molecule has 0 spiro atoms. The Hall–Kier alpha value is -2.52. The lowest BCUT2D eigenvalue weighted by Gasteiger charge is -2.24. The SMILES string of the molecule is CC(c1ccc(S(C)(=O)=O)cc1)N(C)CC(=O)NCc1ccc(OC(F)F)cc1. The van der Waals surface area contributed by atoms with Gasteiger partial charge in [0, 0.05) is 18.8 Å². The molecule has 29 heavy (non-hydrogen) atoms. The van der Waals surface area contributed by atoms with Gasteiger partial charge >= 0.3 is 6.61 Å². The molecule has 1 atom stereocenters. The first-order valence-electron chi connectivity index (χ1n) is 8.87. The molecule has 0 bridgehead atoms. The zero-order chi connectivity index (χ0) is 21.6. The number of carbonyl (C=O) groups is 1. The largest absolute Gasteiger partial charge is 0.435 e. The van der Waals surface area contributed by atoms with Gasteiger partial charge in [-0.2, -0.15) is 8.78 Å². The number of alkyl halides is 2. The van der Waals surface area contributed by atoms with Crippen molar-refractivity contribution in [2.75, 3.05) is 19.8 Å². The Morgan fingerprint density at radius 2 is 1.69 bits per heavy atom. The number of halogens is 2. The van der Waals surface area contributed by atoms with Crippen molar-refractivity contribution in [3.8, 4) is 5.75 Å². The number of ether oxygens (including phenoxy) is 1. The molecule has 1 amide bonds. The van der Waals surface area contributed by atoms with E-state index in [0.717, 1.165) is 17.4 Å². The minimum Gasteiger partial charge on any atom is -0.435 e. The minimum atomic E-state index is -3.25. The van der Waals surface area contributed by atoms with Crippen molar-refractivity contribution in [3.05, 3.63) is 59.7 Å². The van der Waals surface area contributed by atoms with Gasteiger partial charge in [-0.25, -0.2) is 8.42 Å². The number of hydrogen-bond donors (Lipinski definition) is 1. The lowest BCUT2D eigenvalue weighted by molar-refractivity contribution is -0.122. The van der Waals surface area contributed by atoms with E-state index in [-0.39, 0.29) is 35.7 Å². The first kappa shape index (κ1) is 22.8.